The first-order valence-electron chi connectivity index (χ1n) is 7.32. The summed E-state index contributed by atoms with van der Waals surface area (Å²) in [5.74, 6) is 0.292. The number of halogens is 1. The van der Waals surface area contributed by atoms with Crippen molar-refractivity contribution in [2.75, 3.05) is 20.1 Å². The molecule has 2 atom stereocenters. The van der Waals surface area contributed by atoms with Crippen molar-refractivity contribution >= 4 is 17.5 Å². The maximum atomic E-state index is 12.5. The van der Waals surface area contributed by atoms with Crippen molar-refractivity contribution < 1.29 is 4.79 Å². The van der Waals surface area contributed by atoms with E-state index in [4.69, 9.17) is 11.6 Å². The van der Waals surface area contributed by atoms with Crippen LogP contribution in [0.4, 0.5) is 0 Å². The van der Waals surface area contributed by atoms with Gasteiger partial charge < -0.3 is 10.2 Å². The Kier molecular flexibility index (Phi) is 5.44. The van der Waals surface area contributed by atoms with Gasteiger partial charge in [-0.1, -0.05) is 36.7 Å². The molecular weight excluding hydrogens is 272 g/mol. The summed E-state index contributed by atoms with van der Waals surface area (Å²) < 4.78 is 0. The highest BCUT2D eigenvalue weighted by Gasteiger charge is 2.31. The molecule has 2 unspecified atom stereocenters. The maximum Gasteiger partial charge on any atom is 0.226 e. The molecule has 1 saturated heterocycles. The van der Waals surface area contributed by atoms with Gasteiger partial charge >= 0.3 is 0 Å². The number of nitrogens with zero attached hydrogens (tertiary/aromatic N) is 1. The van der Waals surface area contributed by atoms with Crippen LogP contribution in [0.15, 0.2) is 24.3 Å². The number of benzene rings is 1. The summed E-state index contributed by atoms with van der Waals surface area (Å²) in [5.41, 5.74) is 1.14. The SMILES string of the molecule is CNCC(C)C(=O)N1CCCC1Cc1ccccc1Cl. The quantitative estimate of drug-likeness (QED) is 0.906. The van der Waals surface area contributed by atoms with Gasteiger partial charge in [-0.3, -0.25) is 4.79 Å². The number of hydrogen-bond acceptors (Lipinski definition) is 2. The van der Waals surface area contributed by atoms with Crippen molar-refractivity contribution in [2.24, 2.45) is 5.92 Å². The first-order chi connectivity index (χ1) is 9.63. The highest BCUT2D eigenvalue weighted by molar-refractivity contribution is 6.31. The third-order valence-corrected chi connectivity index (χ3v) is 4.37. The highest BCUT2D eigenvalue weighted by atomic mass is 35.5. The molecule has 1 aromatic carbocycles. The number of carbonyl (C=O) groups excluding carboxylic acids is 1. The first kappa shape index (κ1) is 15.3. The fourth-order valence-electron chi connectivity index (χ4n) is 2.93. The highest BCUT2D eigenvalue weighted by Crippen LogP contribution is 2.26. The van der Waals surface area contributed by atoms with E-state index >= 15 is 0 Å². The molecular formula is C16H23ClN2O. The lowest BCUT2D eigenvalue weighted by Crippen LogP contribution is -2.42. The minimum Gasteiger partial charge on any atom is -0.339 e. The van der Waals surface area contributed by atoms with Crippen LogP contribution < -0.4 is 5.32 Å². The molecule has 0 aliphatic carbocycles. The lowest BCUT2D eigenvalue weighted by Gasteiger charge is -2.28. The molecule has 0 bridgehead atoms. The zero-order valence-electron chi connectivity index (χ0n) is 12.2. The molecule has 4 heteroatoms. The van der Waals surface area contributed by atoms with Crippen molar-refractivity contribution in [3.63, 3.8) is 0 Å². The van der Waals surface area contributed by atoms with Gasteiger partial charge in [-0.2, -0.15) is 0 Å². The van der Waals surface area contributed by atoms with Crippen molar-refractivity contribution in [1.82, 2.24) is 10.2 Å². The molecule has 1 aromatic rings. The second-order valence-electron chi connectivity index (χ2n) is 5.58. The number of rotatable bonds is 5. The summed E-state index contributed by atoms with van der Waals surface area (Å²) in [5, 5.41) is 3.88. The summed E-state index contributed by atoms with van der Waals surface area (Å²) in [4.78, 5) is 14.5. The normalized spacial score (nSPS) is 20.1. The van der Waals surface area contributed by atoms with E-state index in [1.807, 2.05) is 37.1 Å². The zero-order valence-corrected chi connectivity index (χ0v) is 13.0. The molecule has 1 heterocycles. The molecule has 1 aliphatic heterocycles. The number of likely N-dealkylation sites (tertiary alicyclic amines) is 1. The van der Waals surface area contributed by atoms with Crippen LogP contribution in [0.25, 0.3) is 0 Å². The van der Waals surface area contributed by atoms with E-state index < -0.39 is 0 Å². The van der Waals surface area contributed by atoms with Gasteiger partial charge in [0.2, 0.25) is 5.91 Å². The van der Waals surface area contributed by atoms with Crippen molar-refractivity contribution in [3.05, 3.63) is 34.9 Å². The van der Waals surface area contributed by atoms with Crippen LogP contribution in [0.1, 0.15) is 25.3 Å². The Hall–Kier alpha value is -1.06. The molecule has 1 fully saturated rings. The standard InChI is InChI=1S/C16H23ClN2O/c1-12(11-18-2)16(20)19-9-5-7-14(19)10-13-6-3-4-8-15(13)17/h3-4,6,8,12,14,18H,5,7,9-11H2,1-2H3. The molecule has 1 N–H and O–H groups in total. The van der Waals surface area contributed by atoms with Gasteiger partial charge in [0, 0.05) is 30.1 Å². The van der Waals surface area contributed by atoms with Crippen molar-refractivity contribution in [3.8, 4) is 0 Å². The molecule has 110 valence electrons. The Balaban J connectivity index is 2.04. The molecule has 0 radical (unpaired) electrons. The van der Waals surface area contributed by atoms with Gasteiger partial charge in [0.15, 0.2) is 0 Å². The Morgan fingerprint density at radius 2 is 2.25 bits per heavy atom. The predicted octanol–water partition coefficient (Wildman–Crippen LogP) is 2.73. The van der Waals surface area contributed by atoms with Crippen molar-refractivity contribution in [1.29, 1.82) is 0 Å². The minimum atomic E-state index is 0.0341. The fraction of sp³-hybridized carbons (Fsp3) is 0.562. The third-order valence-electron chi connectivity index (χ3n) is 4.01. The molecule has 0 spiro atoms. The van der Waals surface area contributed by atoms with Gasteiger partial charge in [-0.25, -0.2) is 0 Å². The van der Waals surface area contributed by atoms with E-state index in [0.717, 1.165) is 42.9 Å². The van der Waals surface area contributed by atoms with E-state index in [2.05, 4.69) is 11.4 Å². The Bertz CT molecular complexity index is 464. The van der Waals surface area contributed by atoms with E-state index in [-0.39, 0.29) is 11.8 Å². The van der Waals surface area contributed by atoms with Crippen LogP contribution in [0.3, 0.4) is 0 Å². The van der Waals surface area contributed by atoms with E-state index in [1.54, 1.807) is 0 Å². The van der Waals surface area contributed by atoms with Crippen LogP contribution in [-0.4, -0.2) is 37.0 Å². The first-order valence-corrected chi connectivity index (χ1v) is 7.69. The smallest absolute Gasteiger partial charge is 0.226 e. The van der Waals surface area contributed by atoms with Crippen LogP contribution in [-0.2, 0) is 11.2 Å². The van der Waals surface area contributed by atoms with E-state index in [9.17, 15) is 4.79 Å². The number of hydrogen-bond donors (Lipinski definition) is 1. The van der Waals surface area contributed by atoms with Gasteiger partial charge in [0.25, 0.3) is 0 Å². The number of nitrogens with one attached hydrogen (secondary N) is 1. The lowest BCUT2D eigenvalue weighted by atomic mass is 10.0. The average Bonchev–Trinajstić information content (AvgIpc) is 2.89. The molecule has 1 amide bonds. The number of amides is 1. The fourth-order valence-corrected chi connectivity index (χ4v) is 3.15. The molecule has 2 rings (SSSR count). The van der Waals surface area contributed by atoms with E-state index in [1.165, 1.54) is 0 Å². The van der Waals surface area contributed by atoms with Gasteiger partial charge in [-0.15, -0.1) is 0 Å². The van der Waals surface area contributed by atoms with Crippen LogP contribution in [0.5, 0.6) is 0 Å². The maximum absolute atomic E-state index is 12.5. The second-order valence-corrected chi connectivity index (χ2v) is 5.99. The largest absolute Gasteiger partial charge is 0.339 e. The topological polar surface area (TPSA) is 32.3 Å². The summed E-state index contributed by atoms with van der Waals surface area (Å²) in [6, 6.07) is 8.22. The van der Waals surface area contributed by atoms with Crippen LogP contribution >= 0.6 is 11.6 Å². The summed E-state index contributed by atoms with van der Waals surface area (Å²) in [6.07, 6.45) is 3.02. The molecule has 20 heavy (non-hydrogen) atoms. The van der Waals surface area contributed by atoms with Gasteiger partial charge in [-0.05, 0) is 37.9 Å². The molecule has 0 aromatic heterocycles. The van der Waals surface area contributed by atoms with Crippen molar-refractivity contribution in [2.45, 2.75) is 32.2 Å². The van der Waals surface area contributed by atoms with Crippen LogP contribution in [0, 0.1) is 5.92 Å². The summed E-state index contributed by atoms with van der Waals surface area (Å²) in [7, 11) is 1.88. The molecule has 1 aliphatic rings. The lowest BCUT2D eigenvalue weighted by molar-refractivity contribution is -0.135. The monoisotopic (exact) mass is 294 g/mol. The molecule has 3 nitrogen and oxygen atoms in total. The Morgan fingerprint density at radius 1 is 1.50 bits per heavy atom. The minimum absolute atomic E-state index is 0.0341. The van der Waals surface area contributed by atoms with Gasteiger partial charge in [0.1, 0.15) is 0 Å². The average molecular weight is 295 g/mol. The molecule has 0 saturated carbocycles. The zero-order chi connectivity index (χ0) is 14.5. The Labute approximate surface area is 126 Å². The Morgan fingerprint density at radius 3 is 2.95 bits per heavy atom. The second kappa shape index (κ2) is 7.09. The van der Waals surface area contributed by atoms with Gasteiger partial charge in [0.05, 0.1) is 0 Å². The summed E-state index contributed by atoms with van der Waals surface area (Å²) in [6.45, 7) is 3.60. The third kappa shape index (κ3) is 3.53. The summed E-state index contributed by atoms with van der Waals surface area (Å²) >= 11 is 6.23. The van der Waals surface area contributed by atoms with Crippen LogP contribution in [0.2, 0.25) is 5.02 Å². The number of carbonyl (C=O) groups is 1. The predicted molar refractivity (Wildman–Crippen MR) is 83.0 cm³/mol. The van der Waals surface area contributed by atoms with E-state index in [0.29, 0.717) is 6.04 Å².